The molecule has 1 saturated heterocycles. The van der Waals surface area contributed by atoms with E-state index >= 15 is 0 Å². The molecular formula is C24H26F2N6O. The van der Waals surface area contributed by atoms with Gasteiger partial charge in [0.1, 0.15) is 23.0 Å². The highest BCUT2D eigenvalue weighted by Gasteiger charge is 2.34. The maximum Gasteiger partial charge on any atom is 0.280 e. The van der Waals surface area contributed by atoms with Crippen molar-refractivity contribution in [3.8, 4) is 6.07 Å². The summed E-state index contributed by atoms with van der Waals surface area (Å²) in [6.45, 7) is 7.37. The molecule has 33 heavy (non-hydrogen) atoms. The Hall–Kier alpha value is -3.38. The predicted octanol–water partition coefficient (Wildman–Crippen LogP) is 3.80. The monoisotopic (exact) mass is 452 g/mol. The third kappa shape index (κ3) is 4.18. The topological polar surface area (TPSA) is 78.0 Å². The Balaban J connectivity index is 1.67. The maximum absolute atomic E-state index is 13.1. The molecule has 0 saturated carbocycles. The van der Waals surface area contributed by atoms with Crippen molar-refractivity contribution in [1.29, 1.82) is 5.26 Å². The second-order valence-corrected chi connectivity index (χ2v) is 8.61. The molecular weight excluding hydrogens is 426 g/mol. The van der Waals surface area contributed by atoms with E-state index in [-0.39, 0.29) is 29.4 Å². The van der Waals surface area contributed by atoms with E-state index in [4.69, 9.17) is 0 Å². The van der Waals surface area contributed by atoms with Gasteiger partial charge in [-0.2, -0.15) is 5.26 Å². The molecule has 0 bridgehead atoms. The zero-order chi connectivity index (χ0) is 23.9. The molecule has 0 aromatic carbocycles. The van der Waals surface area contributed by atoms with E-state index in [1.165, 1.54) is 10.6 Å². The van der Waals surface area contributed by atoms with Crippen molar-refractivity contribution in [3.05, 3.63) is 63.8 Å². The van der Waals surface area contributed by atoms with Crippen molar-refractivity contribution in [1.82, 2.24) is 19.4 Å². The summed E-state index contributed by atoms with van der Waals surface area (Å²) in [5.41, 5.74) is 2.52. The highest BCUT2D eigenvalue weighted by molar-refractivity contribution is 5.89. The van der Waals surface area contributed by atoms with Gasteiger partial charge in [-0.25, -0.2) is 13.8 Å². The van der Waals surface area contributed by atoms with Gasteiger partial charge in [0.2, 0.25) is 0 Å². The maximum atomic E-state index is 13.1. The quantitative estimate of drug-likeness (QED) is 0.599. The van der Waals surface area contributed by atoms with Gasteiger partial charge in [0.15, 0.2) is 0 Å². The molecule has 3 atom stereocenters. The van der Waals surface area contributed by atoms with Crippen molar-refractivity contribution >= 4 is 16.7 Å². The molecule has 3 aromatic heterocycles. The second-order valence-electron chi connectivity index (χ2n) is 8.61. The van der Waals surface area contributed by atoms with Crippen LogP contribution in [0, 0.1) is 11.3 Å². The van der Waals surface area contributed by atoms with Crippen molar-refractivity contribution in [2.75, 3.05) is 18.0 Å². The van der Waals surface area contributed by atoms with Gasteiger partial charge < -0.3 is 9.47 Å². The van der Waals surface area contributed by atoms with Crippen molar-refractivity contribution < 1.29 is 8.78 Å². The number of hydrogen-bond acceptors (Lipinski definition) is 6. The summed E-state index contributed by atoms with van der Waals surface area (Å²) in [4.78, 5) is 25.7. The molecule has 0 spiro atoms. The minimum Gasteiger partial charge on any atom is -0.364 e. The van der Waals surface area contributed by atoms with Gasteiger partial charge in [0.05, 0.1) is 16.9 Å². The number of pyridine rings is 3. The van der Waals surface area contributed by atoms with E-state index in [9.17, 15) is 18.8 Å². The number of fused-ring (bicyclic) bond motifs is 1. The fourth-order valence-electron chi connectivity index (χ4n) is 4.61. The van der Waals surface area contributed by atoms with Crippen molar-refractivity contribution in [2.24, 2.45) is 7.05 Å². The van der Waals surface area contributed by atoms with Gasteiger partial charge in [-0.3, -0.25) is 14.7 Å². The van der Waals surface area contributed by atoms with Gasteiger partial charge in [-0.15, -0.1) is 0 Å². The SMILES string of the molecule is CC1CN(c2cc(=O)n(C)c3ccc(C#N)nc23)[C@@H](C)CN1C(C)c1cccc(C(F)F)n1. The number of nitrogens with zero attached hydrogens (tertiary/aromatic N) is 6. The molecule has 3 aromatic rings. The van der Waals surface area contributed by atoms with Gasteiger partial charge in [0, 0.05) is 44.3 Å². The lowest BCUT2D eigenvalue weighted by Gasteiger charge is -2.47. The van der Waals surface area contributed by atoms with Gasteiger partial charge in [-0.1, -0.05) is 6.07 Å². The number of anilines is 1. The van der Waals surface area contributed by atoms with Crippen LogP contribution in [0.15, 0.2) is 41.2 Å². The van der Waals surface area contributed by atoms with Crippen LogP contribution in [-0.4, -0.2) is 44.6 Å². The first kappa shape index (κ1) is 22.8. The number of aromatic nitrogens is 3. The number of alkyl halides is 2. The highest BCUT2D eigenvalue weighted by atomic mass is 19.3. The van der Waals surface area contributed by atoms with Crippen LogP contribution in [0.4, 0.5) is 14.5 Å². The smallest absolute Gasteiger partial charge is 0.280 e. The standard InChI is InChI=1S/C24H26F2N6O/c1-14-13-32(21-10-22(33)30(4)20-9-8-17(11-27)28-23(20)21)15(2)12-31(14)16(3)18-6-5-7-19(29-18)24(25)26/h5-10,14-16,24H,12-13H2,1-4H3/t14?,15-,16?/m0/s1. The minimum absolute atomic E-state index is 0.0183. The summed E-state index contributed by atoms with van der Waals surface area (Å²) < 4.78 is 27.8. The van der Waals surface area contributed by atoms with E-state index in [2.05, 4.69) is 39.7 Å². The fourth-order valence-corrected chi connectivity index (χ4v) is 4.61. The zero-order valence-corrected chi connectivity index (χ0v) is 19.0. The van der Waals surface area contributed by atoms with Crippen LogP contribution in [0.25, 0.3) is 11.0 Å². The number of aryl methyl sites for hydroxylation is 1. The number of piperazine rings is 1. The normalized spacial score (nSPS) is 20.2. The Morgan fingerprint density at radius 2 is 1.82 bits per heavy atom. The summed E-state index contributed by atoms with van der Waals surface area (Å²) >= 11 is 0. The molecule has 0 N–H and O–H groups in total. The first-order valence-corrected chi connectivity index (χ1v) is 10.9. The lowest BCUT2D eigenvalue weighted by atomic mass is 10.0. The van der Waals surface area contributed by atoms with Gasteiger partial charge in [0.25, 0.3) is 12.0 Å². The number of halogens is 2. The van der Waals surface area contributed by atoms with E-state index < -0.39 is 6.43 Å². The van der Waals surface area contributed by atoms with Crippen LogP contribution >= 0.6 is 0 Å². The predicted molar refractivity (Wildman–Crippen MR) is 122 cm³/mol. The molecule has 0 radical (unpaired) electrons. The Morgan fingerprint density at radius 1 is 1.09 bits per heavy atom. The molecule has 1 aliphatic rings. The molecule has 1 fully saturated rings. The molecule has 4 rings (SSSR count). The van der Waals surface area contributed by atoms with Gasteiger partial charge >= 0.3 is 0 Å². The van der Waals surface area contributed by atoms with Gasteiger partial charge in [-0.05, 0) is 45.0 Å². The molecule has 1 aliphatic heterocycles. The Morgan fingerprint density at radius 3 is 2.52 bits per heavy atom. The molecule has 172 valence electrons. The third-order valence-corrected chi connectivity index (χ3v) is 6.47. The van der Waals surface area contributed by atoms with Crippen LogP contribution in [0.3, 0.4) is 0 Å². The largest absolute Gasteiger partial charge is 0.364 e. The Kier molecular flexibility index (Phi) is 6.13. The number of rotatable bonds is 4. The van der Waals surface area contributed by atoms with Crippen LogP contribution in [-0.2, 0) is 7.05 Å². The second kappa shape index (κ2) is 8.87. The van der Waals surface area contributed by atoms with Crippen molar-refractivity contribution in [2.45, 2.75) is 45.3 Å². The molecule has 2 unspecified atom stereocenters. The molecule has 9 heteroatoms. The Bertz CT molecular complexity index is 1280. The number of hydrogen-bond donors (Lipinski definition) is 0. The molecule has 7 nitrogen and oxygen atoms in total. The van der Waals surface area contributed by atoms with E-state index in [1.807, 2.05) is 6.92 Å². The Labute approximate surface area is 190 Å². The summed E-state index contributed by atoms with van der Waals surface area (Å²) in [6.07, 6.45) is -2.61. The van der Waals surface area contributed by atoms with E-state index in [0.29, 0.717) is 41.2 Å². The summed E-state index contributed by atoms with van der Waals surface area (Å²) in [5, 5.41) is 9.32. The summed E-state index contributed by atoms with van der Waals surface area (Å²) in [5.74, 6) is 0. The molecule has 0 amide bonds. The van der Waals surface area contributed by atoms with Crippen LogP contribution in [0.1, 0.15) is 50.3 Å². The van der Waals surface area contributed by atoms with Crippen LogP contribution in [0.2, 0.25) is 0 Å². The average Bonchev–Trinajstić information content (AvgIpc) is 2.82. The van der Waals surface area contributed by atoms with E-state index in [0.717, 1.165) is 0 Å². The van der Waals surface area contributed by atoms with Crippen LogP contribution in [0.5, 0.6) is 0 Å². The lowest BCUT2D eigenvalue weighted by molar-refractivity contribution is 0.115. The fraction of sp³-hybridized carbons (Fsp3) is 0.417. The number of nitriles is 1. The molecule has 0 aliphatic carbocycles. The zero-order valence-electron chi connectivity index (χ0n) is 19.0. The summed E-state index contributed by atoms with van der Waals surface area (Å²) in [7, 11) is 1.69. The van der Waals surface area contributed by atoms with E-state index in [1.54, 1.807) is 37.4 Å². The minimum atomic E-state index is -2.61. The highest BCUT2D eigenvalue weighted by Crippen LogP contribution is 2.32. The first-order chi connectivity index (χ1) is 15.7. The van der Waals surface area contributed by atoms with Crippen LogP contribution < -0.4 is 10.5 Å². The third-order valence-electron chi connectivity index (χ3n) is 6.47. The molecule has 4 heterocycles. The first-order valence-electron chi connectivity index (χ1n) is 10.9. The van der Waals surface area contributed by atoms with Crippen molar-refractivity contribution in [3.63, 3.8) is 0 Å². The lowest BCUT2D eigenvalue weighted by Crippen LogP contribution is -2.57. The average molecular weight is 453 g/mol. The summed E-state index contributed by atoms with van der Waals surface area (Å²) in [6, 6.07) is 11.7.